The lowest BCUT2D eigenvalue weighted by Crippen LogP contribution is -2.19. The van der Waals surface area contributed by atoms with Crippen molar-refractivity contribution in [3.05, 3.63) is 59.4 Å². The highest BCUT2D eigenvalue weighted by Gasteiger charge is 2.20. The van der Waals surface area contributed by atoms with Crippen LogP contribution >= 0.6 is 0 Å². The summed E-state index contributed by atoms with van der Waals surface area (Å²) in [6, 6.07) is 15.0. The average molecular weight is 266 g/mol. The zero-order chi connectivity index (χ0) is 13.9. The summed E-state index contributed by atoms with van der Waals surface area (Å²) in [4.78, 5) is 2.07. The molecule has 1 aliphatic rings. The van der Waals surface area contributed by atoms with Gasteiger partial charge in [-0.25, -0.2) is 4.39 Å². The molecule has 2 aromatic rings. The largest absolute Gasteiger partial charge is 0.340 e. The number of benzene rings is 2. The predicted molar refractivity (Wildman–Crippen MR) is 77.5 cm³/mol. The Morgan fingerprint density at radius 1 is 1.00 bits per heavy atom. The molecule has 1 heterocycles. The first-order valence-electron chi connectivity index (χ1n) is 6.85. The monoisotopic (exact) mass is 266 g/mol. The number of hydrogen-bond donors (Lipinski definition) is 0. The van der Waals surface area contributed by atoms with Crippen molar-refractivity contribution in [3.8, 4) is 6.07 Å². The van der Waals surface area contributed by atoms with Crippen molar-refractivity contribution in [3.63, 3.8) is 0 Å². The maximum absolute atomic E-state index is 13.8. The van der Waals surface area contributed by atoms with Crippen molar-refractivity contribution in [2.24, 2.45) is 0 Å². The molecule has 0 N–H and O–H groups in total. The molecular formula is C17H15FN2. The van der Waals surface area contributed by atoms with Gasteiger partial charge in [0.15, 0.2) is 0 Å². The highest BCUT2D eigenvalue weighted by Crippen LogP contribution is 2.34. The van der Waals surface area contributed by atoms with Gasteiger partial charge in [-0.1, -0.05) is 24.3 Å². The number of nitriles is 1. The fraction of sp³-hybridized carbons (Fsp3) is 0.235. The number of halogens is 1. The summed E-state index contributed by atoms with van der Waals surface area (Å²) in [7, 11) is 0. The molecule has 0 amide bonds. The van der Waals surface area contributed by atoms with E-state index in [1.807, 2.05) is 30.3 Å². The van der Waals surface area contributed by atoms with Crippen LogP contribution in [-0.2, 0) is 6.42 Å². The minimum Gasteiger partial charge on any atom is -0.340 e. The van der Waals surface area contributed by atoms with Gasteiger partial charge >= 0.3 is 0 Å². The molecule has 100 valence electrons. The molecule has 20 heavy (non-hydrogen) atoms. The molecule has 0 spiro atoms. The third-order valence-corrected chi connectivity index (χ3v) is 3.75. The first kappa shape index (κ1) is 12.7. The van der Waals surface area contributed by atoms with E-state index in [1.165, 1.54) is 11.6 Å². The summed E-state index contributed by atoms with van der Waals surface area (Å²) >= 11 is 0. The number of rotatable bonds is 1. The van der Waals surface area contributed by atoms with Crippen molar-refractivity contribution < 1.29 is 4.39 Å². The van der Waals surface area contributed by atoms with Gasteiger partial charge < -0.3 is 4.90 Å². The molecule has 3 rings (SSSR count). The highest BCUT2D eigenvalue weighted by molar-refractivity contribution is 5.72. The Hall–Kier alpha value is -2.34. The van der Waals surface area contributed by atoms with Crippen molar-refractivity contribution in [1.29, 1.82) is 5.26 Å². The topological polar surface area (TPSA) is 27.0 Å². The highest BCUT2D eigenvalue weighted by atomic mass is 19.1. The molecule has 0 bridgehead atoms. The summed E-state index contributed by atoms with van der Waals surface area (Å²) in [5.74, 6) is -0.452. The van der Waals surface area contributed by atoms with Crippen LogP contribution in [0.15, 0.2) is 42.5 Å². The van der Waals surface area contributed by atoms with Crippen LogP contribution in [0.25, 0.3) is 0 Å². The summed E-state index contributed by atoms with van der Waals surface area (Å²) in [6.45, 7) is 0.815. The molecule has 3 heteroatoms. The summed E-state index contributed by atoms with van der Waals surface area (Å²) in [5.41, 5.74) is 3.15. The number of anilines is 2. The molecule has 0 saturated carbocycles. The van der Waals surface area contributed by atoms with E-state index >= 15 is 0 Å². The van der Waals surface area contributed by atoms with E-state index in [-0.39, 0.29) is 5.56 Å². The lowest BCUT2D eigenvalue weighted by atomic mass is 10.1. The lowest BCUT2D eigenvalue weighted by Gasteiger charge is -2.26. The van der Waals surface area contributed by atoms with Gasteiger partial charge in [0.05, 0.1) is 5.69 Å². The Morgan fingerprint density at radius 2 is 1.80 bits per heavy atom. The molecule has 0 fully saturated rings. The summed E-state index contributed by atoms with van der Waals surface area (Å²) < 4.78 is 13.8. The Kier molecular flexibility index (Phi) is 3.39. The molecule has 0 atom stereocenters. The van der Waals surface area contributed by atoms with Gasteiger partial charge in [0.1, 0.15) is 17.4 Å². The van der Waals surface area contributed by atoms with Crippen LogP contribution in [0.5, 0.6) is 0 Å². The van der Waals surface area contributed by atoms with E-state index < -0.39 is 5.82 Å². The Bertz CT molecular complexity index is 673. The fourth-order valence-corrected chi connectivity index (χ4v) is 2.79. The number of para-hydroxylation sites is 1. The van der Waals surface area contributed by atoms with Crippen LogP contribution in [0, 0.1) is 17.1 Å². The molecule has 0 radical (unpaired) electrons. The summed E-state index contributed by atoms with van der Waals surface area (Å²) in [6.07, 6.45) is 3.19. The SMILES string of the molecule is N#Cc1c(F)cccc1N1CCCCc2ccccc21. The zero-order valence-electron chi connectivity index (χ0n) is 11.1. The second kappa shape index (κ2) is 5.34. The van der Waals surface area contributed by atoms with Gasteiger partial charge in [0.25, 0.3) is 0 Å². The van der Waals surface area contributed by atoms with Crippen LogP contribution in [-0.4, -0.2) is 6.54 Å². The first-order valence-corrected chi connectivity index (χ1v) is 6.85. The van der Waals surface area contributed by atoms with E-state index in [2.05, 4.69) is 11.0 Å². The van der Waals surface area contributed by atoms with Crippen molar-refractivity contribution in [1.82, 2.24) is 0 Å². The lowest BCUT2D eigenvalue weighted by molar-refractivity contribution is 0.623. The van der Waals surface area contributed by atoms with Crippen LogP contribution in [0.4, 0.5) is 15.8 Å². The fourth-order valence-electron chi connectivity index (χ4n) is 2.79. The van der Waals surface area contributed by atoms with E-state index in [9.17, 15) is 9.65 Å². The number of fused-ring (bicyclic) bond motifs is 1. The molecule has 0 saturated heterocycles. The van der Waals surface area contributed by atoms with Crippen molar-refractivity contribution in [2.75, 3.05) is 11.4 Å². The van der Waals surface area contributed by atoms with Gasteiger partial charge in [-0.3, -0.25) is 0 Å². The minimum atomic E-state index is -0.452. The van der Waals surface area contributed by atoms with Gasteiger partial charge in [-0.2, -0.15) is 5.26 Å². The number of aryl methyl sites for hydroxylation is 1. The Labute approximate surface area is 118 Å². The second-order valence-corrected chi connectivity index (χ2v) is 4.98. The Balaban J connectivity index is 2.16. The van der Waals surface area contributed by atoms with Crippen molar-refractivity contribution in [2.45, 2.75) is 19.3 Å². The van der Waals surface area contributed by atoms with Gasteiger partial charge in [-0.05, 0) is 43.0 Å². The maximum atomic E-state index is 13.8. The second-order valence-electron chi connectivity index (χ2n) is 4.98. The van der Waals surface area contributed by atoms with Crippen LogP contribution in [0.2, 0.25) is 0 Å². The number of nitrogens with zero attached hydrogens (tertiary/aromatic N) is 2. The standard InChI is InChI=1S/C17H15FN2/c18-15-8-5-10-17(14(15)12-19)20-11-4-3-7-13-6-1-2-9-16(13)20/h1-2,5-6,8-10H,3-4,7,11H2. The third-order valence-electron chi connectivity index (χ3n) is 3.75. The molecular weight excluding hydrogens is 251 g/mol. The maximum Gasteiger partial charge on any atom is 0.143 e. The van der Waals surface area contributed by atoms with E-state index in [0.717, 1.165) is 31.5 Å². The third kappa shape index (κ3) is 2.14. The van der Waals surface area contributed by atoms with Crippen LogP contribution in [0.1, 0.15) is 24.0 Å². The molecule has 2 aromatic carbocycles. The smallest absolute Gasteiger partial charge is 0.143 e. The quantitative estimate of drug-likeness (QED) is 0.774. The predicted octanol–water partition coefficient (Wildman–Crippen LogP) is 4.17. The normalized spacial score (nSPS) is 14.3. The first-order chi connectivity index (χ1) is 9.81. The van der Waals surface area contributed by atoms with E-state index in [0.29, 0.717) is 5.69 Å². The Morgan fingerprint density at radius 3 is 2.65 bits per heavy atom. The van der Waals surface area contributed by atoms with E-state index in [4.69, 9.17) is 0 Å². The molecule has 0 unspecified atom stereocenters. The summed E-state index contributed by atoms with van der Waals surface area (Å²) in [5, 5.41) is 9.23. The van der Waals surface area contributed by atoms with Crippen LogP contribution < -0.4 is 4.90 Å². The molecule has 2 nitrogen and oxygen atoms in total. The van der Waals surface area contributed by atoms with Gasteiger partial charge in [0, 0.05) is 12.2 Å². The van der Waals surface area contributed by atoms with Gasteiger partial charge in [-0.15, -0.1) is 0 Å². The van der Waals surface area contributed by atoms with Crippen molar-refractivity contribution >= 4 is 11.4 Å². The minimum absolute atomic E-state index is 0.129. The molecule has 0 aromatic heterocycles. The number of hydrogen-bond acceptors (Lipinski definition) is 2. The molecule has 1 aliphatic heterocycles. The van der Waals surface area contributed by atoms with E-state index in [1.54, 1.807) is 6.07 Å². The zero-order valence-corrected chi connectivity index (χ0v) is 11.1. The van der Waals surface area contributed by atoms with Crippen LogP contribution in [0.3, 0.4) is 0 Å². The molecule has 0 aliphatic carbocycles. The average Bonchev–Trinajstić information content (AvgIpc) is 2.69. The van der Waals surface area contributed by atoms with Gasteiger partial charge in [0.2, 0.25) is 0 Å².